The highest BCUT2D eigenvalue weighted by atomic mass is 16.5. The Morgan fingerprint density at radius 2 is 2.14 bits per heavy atom. The molecule has 1 heterocycles. The third kappa shape index (κ3) is 4.41. The van der Waals surface area contributed by atoms with E-state index >= 15 is 0 Å². The lowest BCUT2D eigenvalue weighted by Crippen LogP contribution is -2.55. The fourth-order valence-electron chi connectivity index (χ4n) is 3.68. The number of ether oxygens (including phenoxy) is 1. The molecule has 2 rings (SSSR count). The molecular weight excluding hydrogens is 266 g/mol. The lowest BCUT2D eigenvalue weighted by Gasteiger charge is -2.41. The largest absolute Gasteiger partial charge is 0.383 e. The number of nitrogens with two attached hydrogens (primary N) is 1. The van der Waals surface area contributed by atoms with Crippen molar-refractivity contribution in [1.82, 2.24) is 9.80 Å². The lowest BCUT2D eigenvalue weighted by atomic mass is 9.98. The standard InChI is InChI=1S/C16H31N3O2/c1-3-14-12-19(8-7-18(14)9-10-21-2)16(20)11-13-5-4-6-15(13)17/h13-15H,3-12,17H2,1-2H3/t13-,14?,15+/m0/s1. The first kappa shape index (κ1) is 16.7. The molecular formula is C16H31N3O2. The van der Waals surface area contributed by atoms with Crippen LogP contribution >= 0.6 is 0 Å². The number of amides is 1. The molecule has 2 aliphatic rings. The highest BCUT2D eigenvalue weighted by Gasteiger charge is 2.31. The molecule has 1 saturated heterocycles. The zero-order valence-corrected chi connectivity index (χ0v) is 13.6. The number of hydrogen-bond acceptors (Lipinski definition) is 4. The van der Waals surface area contributed by atoms with E-state index in [0.717, 1.165) is 52.0 Å². The van der Waals surface area contributed by atoms with Crippen molar-refractivity contribution in [1.29, 1.82) is 0 Å². The molecule has 3 atom stereocenters. The number of carbonyl (C=O) groups is 1. The minimum absolute atomic E-state index is 0.235. The minimum Gasteiger partial charge on any atom is -0.383 e. The molecule has 1 aliphatic heterocycles. The zero-order valence-electron chi connectivity index (χ0n) is 13.6. The van der Waals surface area contributed by atoms with E-state index in [2.05, 4.69) is 16.7 Å². The summed E-state index contributed by atoms with van der Waals surface area (Å²) in [5.41, 5.74) is 6.09. The molecule has 1 unspecified atom stereocenters. The van der Waals surface area contributed by atoms with Crippen molar-refractivity contribution in [2.24, 2.45) is 11.7 Å². The van der Waals surface area contributed by atoms with Crippen LogP contribution in [-0.2, 0) is 9.53 Å². The topological polar surface area (TPSA) is 58.8 Å². The Balaban J connectivity index is 1.83. The fourth-order valence-corrected chi connectivity index (χ4v) is 3.68. The predicted molar refractivity (Wildman–Crippen MR) is 84.0 cm³/mol. The highest BCUT2D eigenvalue weighted by molar-refractivity contribution is 5.76. The van der Waals surface area contributed by atoms with Crippen LogP contribution in [0.15, 0.2) is 0 Å². The van der Waals surface area contributed by atoms with E-state index in [0.29, 0.717) is 24.3 Å². The molecule has 1 aliphatic carbocycles. The number of methoxy groups -OCH3 is 1. The molecule has 0 aromatic carbocycles. The number of piperazine rings is 1. The summed E-state index contributed by atoms with van der Waals surface area (Å²) in [6.07, 6.45) is 5.12. The first-order valence-electron chi connectivity index (χ1n) is 8.42. The van der Waals surface area contributed by atoms with Crippen LogP contribution in [0.25, 0.3) is 0 Å². The van der Waals surface area contributed by atoms with Crippen molar-refractivity contribution in [3.63, 3.8) is 0 Å². The monoisotopic (exact) mass is 297 g/mol. The van der Waals surface area contributed by atoms with Gasteiger partial charge < -0.3 is 15.4 Å². The molecule has 21 heavy (non-hydrogen) atoms. The summed E-state index contributed by atoms with van der Waals surface area (Å²) in [4.78, 5) is 17.0. The van der Waals surface area contributed by atoms with Gasteiger partial charge in [-0.15, -0.1) is 0 Å². The van der Waals surface area contributed by atoms with Crippen LogP contribution in [0.1, 0.15) is 39.0 Å². The van der Waals surface area contributed by atoms with Gasteiger partial charge in [0.1, 0.15) is 0 Å². The van der Waals surface area contributed by atoms with Gasteiger partial charge in [0, 0.05) is 51.8 Å². The summed E-state index contributed by atoms with van der Waals surface area (Å²) in [6, 6.07) is 0.703. The first-order chi connectivity index (χ1) is 10.2. The van der Waals surface area contributed by atoms with Crippen molar-refractivity contribution < 1.29 is 9.53 Å². The van der Waals surface area contributed by atoms with E-state index in [-0.39, 0.29) is 6.04 Å². The van der Waals surface area contributed by atoms with Gasteiger partial charge in [-0.2, -0.15) is 0 Å². The normalized spacial score (nSPS) is 30.8. The Morgan fingerprint density at radius 3 is 2.76 bits per heavy atom. The summed E-state index contributed by atoms with van der Waals surface area (Å²) in [7, 11) is 1.74. The van der Waals surface area contributed by atoms with E-state index in [1.54, 1.807) is 7.11 Å². The summed E-state index contributed by atoms with van der Waals surface area (Å²) in [6.45, 7) is 6.60. The van der Waals surface area contributed by atoms with Crippen LogP contribution < -0.4 is 5.73 Å². The van der Waals surface area contributed by atoms with Crippen LogP contribution in [0, 0.1) is 5.92 Å². The Labute approximate surface area is 128 Å². The summed E-state index contributed by atoms with van der Waals surface area (Å²) >= 11 is 0. The molecule has 0 bridgehead atoms. The molecule has 5 nitrogen and oxygen atoms in total. The van der Waals surface area contributed by atoms with Crippen molar-refractivity contribution in [2.45, 2.75) is 51.1 Å². The summed E-state index contributed by atoms with van der Waals surface area (Å²) in [5.74, 6) is 0.714. The van der Waals surface area contributed by atoms with Gasteiger partial charge in [0.25, 0.3) is 0 Å². The van der Waals surface area contributed by atoms with E-state index in [1.165, 1.54) is 6.42 Å². The van der Waals surface area contributed by atoms with E-state index in [9.17, 15) is 4.79 Å². The molecule has 2 N–H and O–H groups in total. The fraction of sp³-hybridized carbons (Fsp3) is 0.938. The third-order valence-corrected chi connectivity index (χ3v) is 5.17. The molecule has 5 heteroatoms. The van der Waals surface area contributed by atoms with Crippen LogP contribution in [0.5, 0.6) is 0 Å². The molecule has 0 aromatic rings. The zero-order chi connectivity index (χ0) is 15.2. The van der Waals surface area contributed by atoms with Gasteiger partial charge in [0.05, 0.1) is 6.61 Å². The van der Waals surface area contributed by atoms with Gasteiger partial charge in [0.15, 0.2) is 0 Å². The third-order valence-electron chi connectivity index (χ3n) is 5.17. The van der Waals surface area contributed by atoms with Crippen LogP contribution in [-0.4, -0.2) is 67.7 Å². The maximum Gasteiger partial charge on any atom is 0.223 e. The van der Waals surface area contributed by atoms with E-state index < -0.39 is 0 Å². The molecule has 1 amide bonds. The molecule has 0 aromatic heterocycles. The maximum absolute atomic E-state index is 12.5. The second-order valence-electron chi connectivity index (χ2n) is 6.49. The minimum atomic E-state index is 0.235. The number of rotatable bonds is 6. The van der Waals surface area contributed by atoms with Gasteiger partial charge in [-0.1, -0.05) is 13.3 Å². The van der Waals surface area contributed by atoms with Crippen molar-refractivity contribution in [3.8, 4) is 0 Å². The number of carbonyl (C=O) groups excluding carboxylic acids is 1. The van der Waals surface area contributed by atoms with E-state index in [1.807, 2.05) is 0 Å². The van der Waals surface area contributed by atoms with Gasteiger partial charge in [-0.25, -0.2) is 0 Å². The Bertz CT molecular complexity index is 337. The quantitative estimate of drug-likeness (QED) is 0.797. The molecule has 0 radical (unpaired) electrons. The average molecular weight is 297 g/mol. The molecule has 122 valence electrons. The molecule has 2 fully saturated rings. The summed E-state index contributed by atoms with van der Waals surface area (Å²) in [5, 5.41) is 0. The maximum atomic E-state index is 12.5. The first-order valence-corrected chi connectivity index (χ1v) is 8.42. The lowest BCUT2D eigenvalue weighted by molar-refractivity contribution is -0.135. The van der Waals surface area contributed by atoms with Crippen LogP contribution in [0.2, 0.25) is 0 Å². The Hall–Kier alpha value is -0.650. The highest BCUT2D eigenvalue weighted by Crippen LogP contribution is 2.27. The van der Waals surface area contributed by atoms with Crippen molar-refractivity contribution in [3.05, 3.63) is 0 Å². The van der Waals surface area contributed by atoms with E-state index in [4.69, 9.17) is 10.5 Å². The van der Waals surface area contributed by atoms with Crippen molar-refractivity contribution in [2.75, 3.05) is 39.9 Å². The molecule has 0 spiro atoms. The van der Waals surface area contributed by atoms with Crippen LogP contribution in [0.3, 0.4) is 0 Å². The summed E-state index contributed by atoms with van der Waals surface area (Å²) < 4.78 is 5.18. The number of nitrogens with zero attached hydrogens (tertiary/aromatic N) is 2. The van der Waals surface area contributed by atoms with Gasteiger partial charge in [0.2, 0.25) is 5.91 Å². The SMILES string of the molecule is CCC1CN(C(=O)C[C@@H]2CCC[C@H]2N)CCN1CCOC. The molecule has 1 saturated carbocycles. The predicted octanol–water partition coefficient (Wildman–Crippen LogP) is 1.07. The van der Waals surface area contributed by atoms with Gasteiger partial charge in [-0.05, 0) is 25.2 Å². The second kappa shape index (κ2) is 8.11. The Morgan fingerprint density at radius 1 is 1.33 bits per heavy atom. The number of hydrogen-bond donors (Lipinski definition) is 1. The van der Waals surface area contributed by atoms with Crippen LogP contribution in [0.4, 0.5) is 0 Å². The van der Waals surface area contributed by atoms with Gasteiger partial charge >= 0.3 is 0 Å². The Kier molecular flexibility index (Phi) is 6.45. The smallest absolute Gasteiger partial charge is 0.223 e. The van der Waals surface area contributed by atoms with Gasteiger partial charge in [-0.3, -0.25) is 9.69 Å². The van der Waals surface area contributed by atoms with Crippen molar-refractivity contribution >= 4 is 5.91 Å². The second-order valence-corrected chi connectivity index (χ2v) is 6.49. The average Bonchev–Trinajstić information content (AvgIpc) is 2.90.